The number of carbonyl (C=O) groups excluding carboxylic acids is 2. The minimum atomic E-state index is -5.22. The Hall–Kier alpha value is -2.44. The summed E-state index contributed by atoms with van der Waals surface area (Å²) < 4.78 is 123. The molecular weight excluding hydrogens is 624 g/mol. The van der Waals surface area contributed by atoms with Gasteiger partial charge in [0.2, 0.25) is 5.91 Å². The highest BCUT2D eigenvalue weighted by molar-refractivity contribution is 6.48. The molecule has 1 amide bonds. The van der Waals surface area contributed by atoms with Gasteiger partial charge in [0.1, 0.15) is 12.4 Å². The zero-order valence-corrected chi connectivity index (χ0v) is 22.5. The van der Waals surface area contributed by atoms with Gasteiger partial charge in [0.15, 0.2) is 5.78 Å². The van der Waals surface area contributed by atoms with Gasteiger partial charge in [0, 0.05) is 30.4 Å². The van der Waals surface area contributed by atoms with Gasteiger partial charge in [-0.3, -0.25) is 9.59 Å². The van der Waals surface area contributed by atoms with E-state index < -0.39 is 84.2 Å². The molecule has 3 nitrogen and oxygen atoms in total. The summed E-state index contributed by atoms with van der Waals surface area (Å²) in [6.07, 6.45) is -12.1. The molecule has 0 fully saturated rings. The fourth-order valence-electron chi connectivity index (χ4n) is 3.50. The monoisotopic (exact) mass is 641 g/mol. The molecule has 2 aromatic rings. The maximum Gasteiger partial charge on any atom is 0.417 e. The average molecular weight is 643 g/mol. The van der Waals surface area contributed by atoms with E-state index in [0.717, 1.165) is 25.1 Å². The molecule has 0 bridgehead atoms. The van der Waals surface area contributed by atoms with E-state index in [1.54, 1.807) is 0 Å². The second-order valence-electron chi connectivity index (χ2n) is 8.48. The molecule has 0 aliphatic heterocycles. The fourth-order valence-corrected chi connectivity index (χ4v) is 4.11. The highest BCUT2D eigenvalue weighted by atomic mass is 35.5. The van der Waals surface area contributed by atoms with Crippen molar-refractivity contribution in [2.24, 2.45) is 0 Å². The van der Waals surface area contributed by atoms with Gasteiger partial charge in [0.05, 0.1) is 26.5 Å². The first-order valence-electron chi connectivity index (χ1n) is 11.2. The molecule has 0 heterocycles. The molecule has 2 rings (SSSR count). The first kappa shape index (κ1) is 33.8. The van der Waals surface area contributed by atoms with E-state index in [-0.39, 0.29) is 26.7 Å². The quantitative estimate of drug-likeness (QED) is 0.159. The molecule has 1 N–H and O–H groups in total. The summed E-state index contributed by atoms with van der Waals surface area (Å²) in [6.45, 7) is -0.593. The summed E-state index contributed by atoms with van der Waals surface area (Å²) in [5.41, 5.74) is -3.69. The number of hydrogen-bond donors (Lipinski definition) is 1. The van der Waals surface area contributed by atoms with Crippen LogP contribution < -0.4 is 5.32 Å². The summed E-state index contributed by atoms with van der Waals surface area (Å²) in [7, 11) is 0. The number of Topliss-reactive ketones (excluding diaryl/α,β-unsaturated/α-hetero) is 1. The third-order valence-electron chi connectivity index (χ3n) is 5.57. The van der Waals surface area contributed by atoms with Crippen LogP contribution in [0.4, 0.5) is 39.5 Å². The van der Waals surface area contributed by atoms with Gasteiger partial charge in [-0.15, -0.1) is 0 Å². The van der Waals surface area contributed by atoms with E-state index in [9.17, 15) is 44.7 Å². The minimum Gasteiger partial charge on any atom is -0.347 e. The van der Waals surface area contributed by atoms with Crippen LogP contribution in [0.1, 0.15) is 59.2 Å². The van der Waals surface area contributed by atoms with Gasteiger partial charge >= 0.3 is 12.4 Å². The third-order valence-corrected chi connectivity index (χ3v) is 6.77. The Balaban J connectivity index is 2.45. The molecule has 1 atom stereocenters. The van der Waals surface area contributed by atoms with Crippen molar-refractivity contribution in [2.45, 2.75) is 50.4 Å². The number of rotatable bonds is 10. The van der Waals surface area contributed by atoms with Crippen molar-refractivity contribution in [1.82, 2.24) is 5.32 Å². The first-order valence-corrected chi connectivity index (χ1v) is 12.4. The Morgan fingerprint density at radius 1 is 0.925 bits per heavy atom. The number of halogens is 12. The van der Waals surface area contributed by atoms with Gasteiger partial charge in [-0.25, -0.2) is 13.2 Å². The van der Waals surface area contributed by atoms with E-state index >= 15 is 4.39 Å². The second kappa shape index (κ2) is 13.0. The van der Waals surface area contributed by atoms with E-state index in [4.69, 9.17) is 34.8 Å². The SMILES string of the molecule is CCC(F)(F)C(/C=C(\F)c1ccc(C(=O)CCC(=O)NCC(F)(F)F)c(C(F)(F)F)c1)c1cc(Cl)c(Cl)c(Cl)c1. The van der Waals surface area contributed by atoms with Gasteiger partial charge < -0.3 is 5.32 Å². The number of hydrogen-bond acceptors (Lipinski definition) is 2. The van der Waals surface area contributed by atoms with Crippen molar-refractivity contribution >= 4 is 52.3 Å². The van der Waals surface area contributed by atoms with Crippen LogP contribution >= 0.6 is 34.8 Å². The normalized spacial score (nSPS) is 13.8. The fraction of sp³-hybridized carbons (Fsp3) is 0.360. The third kappa shape index (κ3) is 9.04. The smallest absolute Gasteiger partial charge is 0.347 e. The second-order valence-corrected chi connectivity index (χ2v) is 9.67. The van der Waals surface area contributed by atoms with Crippen LogP contribution in [0.5, 0.6) is 0 Å². The number of carbonyl (C=O) groups is 2. The van der Waals surface area contributed by atoms with Crippen LogP contribution in [0.3, 0.4) is 0 Å². The first-order chi connectivity index (χ1) is 18.3. The molecule has 220 valence electrons. The predicted molar refractivity (Wildman–Crippen MR) is 133 cm³/mol. The molecule has 2 aromatic carbocycles. The molecule has 40 heavy (non-hydrogen) atoms. The van der Waals surface area contributed by atoms with Crippen LogP contribution in [-0.2, 0) is 11.0 Å². The lowest BCUT2D eigenvalue weighted by Gasteiger charge is -2.24. The molecule has 0 saturated carbocycles. The van der Waals surface area contributed by atoms with E-state index in [1.165, 1.54) is 5.32 Å². The average Bonchev–Trinajstić information content (AvgIpc) is 2.85. The summed E-state index contributed by atoms with van der Waals surface area (Å²) in [6, 6.07) is 3.58. The molecule has 15 heteroatoms. The van der Waals surface area contributed by atoms with Crippen molar-refractivity contribution in [3.63, 3.8) is 0 Å². The highest BCUT2D eigenvalue weighted by Gasteiger charge is 2.39. The van der Waals surface area contributed by atoms with E-state index in [1.807, 2.05) is 0 Å². The van der Waals surface area contributed by atoms with Crippen molar-refractivity contribution in [3.05, 3.63) is 73.7 Å². The topological polar surface area (TPSA) is 46.2 Å². The number of benzene rings is 2. The standard InChI is InChI=1S/C25H19Cl3F9NO2/c1-2-23(30,31)15(13-8-17(26)22(28)18(27)9-13)10-19(29)12-3-4-14(16(7-12)25(35,36)37)20(39)5-6-21(40)38-11-24(32,33)34/h3-4,7-10,15H,2,5-6,11H2,1H3,(H,38,40)/b19-10-. The van der Waals surface area contributed by atoms with Crippen molar-refractivity contribution in [1.29, 1.82) is 0 Å². The Bertz CT molecular complexity index is 1270. The Morgan fingerprint density at radius 3 is 2.00 bits per heavy atom. The van der Waals surface area contributed by atoms with Gasteiger partial charge in [-0.1, -0.05) is 53.9 Å². The number of nitrogens with one attached hydrogen (secondary N) is 1. The summed E-state index contributed by atoms with van der Waals surface area (Å²) >= 11 is 17.6. The lowest BCUT2D eigenvalue weighted by molar-refractivity contribution is -0.138. The Kier molecular flexibility index (Phi) is 11.0. The van der Waals surface area contributed by atoms with Crippen LogP contribution in [0, 0.1) is 0 Å². The minimum absolute atomic E-state index is 0.150. The molecule has 0 aliphatic rings. The number of alkyl halides is 8. The van der Waals surface area contributed by atoms with Crippen LogP contribution in [0.2, 0.25) is 15.1 Å². The highest BCUT2D eigenvalue weighted by Crippen LogP contribution is 2.43. The lowest BCUT2D eigenvalue weighted by Crippen LogP contribution is -2.33. The van der Waals surface area contributed by atoms with Gasteiger partial charge in [-0.2, -0.15) is 26.3 Å². The number of amides is 1. The number of allylic oxidation sites excluding steroid dienone is 1. The van der Waals surface area contributed by atoms with Gasteiger partial charge in [0.25, 0.3) is 5.92 Å². The van der Waals surface area contributed by atoms with E-state index in [2.05, 4.69) is 0 Å². The van der Waals surface area contributed by atoms with Crippen molar-refractivity contribution in [2.75, 3.05) is 6.54 Å². The largest absolute Gasteiger partial charge is 0.417 e. The predicted octanol–water partition coefficient (Wildman–Crippen LogP) is 9.45. The molecule has 0 saturated heterocycles. The summed E-state index contributed by atoms with van der Waals surface area (Å²) in [5.74, 6) is -9.61. The number of ketones is 1. The van der Waals surface area contributed by atoms with Crippen LogP contribution in [0.15, 0.2) is 36.4 Å². The zero-order chi connectivity index (χ0) is 30.6. The maximum absolute atomic E-state index is 15.2. The molecule has 0 aromatic heterocycles. The Labute approximate surface area is 237 Å². The van der Waals surface area contributed by atoms with Crippen LogP contribution in [-0.4, -0.2) is 30.3 Å². The van der Waals surface area contributed by atoms with Gasteiger partial charge in [-0.05, 0) is 29.8 Å². The molecule has 0 spiro atoms. The molecule has 1 unspecified atom stereocenters. The molecule has 0 radical (unpaired) electrons. The lowest BCUT2D eigenvalue weighted by atomic mass is 9.89. The Morgan fingerprint density at radius 2 is 1.50 bits per heavy atom. The molecule has 0 aliphatic carbocycles. The van der Waals surface area contributed by atoms with E-state index in [0.29, 0.717) is 12.1 Å². The summed E-state index contributed by atoms with van der Waals surface area (Å²) in [5, 5.41) is 0.890. The maximum atomic E-state index is 15.2. The molecular formula is C25H19Cl3F9NO2. The zero-order valence-electron chi connectivity index (χ0n) is 20.2. The van der Waals surface area contributed by atoms with Crippen molar-refractivity contribution in [3.8, 4) is 0 Å². The summed E-state index contributed by atoms with van der Waals surface area (Å²) in [4.78, 5) is 23.9. The van der Waals surface area contributed by atoms with Crippen molar-refractivity contribution < 1.29 is 49.1 Å². The van der Waals surface area contributed by atoms with Crippen LogP contribution in [0.25, 0.3) is 5.83 Å².